The van der Waals surface area contributed by atoms with Gasteiger partial charge < -0.3 is 19.5 Å². The Morgan fingerprint density at radius 1 is 1.02 bits per heavy atom. The number of aromatic carboxylic acids is 1. The molecule has 1 aromatic heterocycles. The summed E-state index contributed by atoms with van der Waals surface area (Å²) < 4.78 is 12.3. The molecule has 2 heterocycles. The van der Waals surface area contributed by atoms with Crippen molar-refractivity contribution in [2.45, 2.75) is 59.5 Å². The molecule has 0 radical (unpaired) electrons. The normalized spacial score (nSPS) is 16.9. The lowest BCUT2D eigenvalue weighted by Gasteiger charge is -2.39. The fourth-order valence-electron chi connectivity index (χ4n) is 6.41. The number of carbonyl (C=O) groups is 2. The number of carboxylic acid groups (broad SMARTS) is 1. The maximum Gasteiger partial charge on any atom is 0.413 e. The molecular formula is C38H43ClN4O5S. The summed E-state index contributed by atoms with van der Waals surface area (Å²) in [6, 6.07) is 18.9. The van der Waals surface area contributed by atoms with E-state index in [1.165, 1.54) is 34.5 Å². The van der Waals surface area contributed by atoms with E-state index in [-0.39, 0.29) is 16.7 Å². The van der Waals surface area contributed by atoms with E-state index in [4.69, 9.17) is 21.1 Å². The fourth-order valence-corrected chi connectivity index (χ4v) is 7.41. The molecule has 258 valence electrons. The van der Waals surface area contributed by atoms with Gasteiger partial charge in [0, 0.05) is 55.6 Å². The number of nitrogens with one attached hydrogen (secondary N) is 1. The van der Waals surface area contributed by atoms with Crippen LogP contribution < -0.4 is 15.0 Å². The Morgan fingerprint density at radius 3 is 2.45 bits per heavy atom. The number of carboxylic acids is 1. The molecular weight excluding hydrogens is 660 g/mol. The van der Waals surface area contributed by atoms with Crippen molar-refractivity contribution in [3.63, 3.8) is 0 Å². The van der Waals surface area contributed by atoms with Crippen LogP contribution in [0.4, 0.5) is 15.6 Å². The molecule has 4 aromatic rings. The van der Waals surface area contributed by atoms with Gasteiger partial charge >= 0.3 is 12.1 Å². The number of nitrogens with zero attached hydrogens (tertiary/aromatic N) is 3. The van der Waals surface area contributed by atoms with Crippen LogP contribution in [0, 0.1) is 5.41 Å². The van der Waals surface area contributed by atoms with E-state index in [0.29, 0.717) is 16.4 Å². The molecule has 1 saturated heterocycles. The zero-order valence-corrected chi connectivity index (χ0v) is 30.2. The highest BCUT2D eigenvalue weighted by Gasteiger charge is 2.29. The average Bonchev–Trinajstić information content (AvgIpc) is 3.43. The number of hydrogen-bond donors (Lipinski definition) is 2. The van der Waals surface area contributed by atoms with Crippen molar-refractivity contribution in [3.05, 3.63) is 82.4 Å². The Labute approximate surface area is 296 Å². The first-order valence-electron chi connectivity index (χ1n) is 16.6. The number of halogens is 1. The molecule has 1 amide bonds. The van der Waals surface area contributed by atoms with Gasteiger partial charge in [-0.2, -0.15) is 0 Å². The van der Waals surface area contributed by atoms with E-state index in [0.717, 1.165) is 61.0 Å². The number of amides is 1. The molecule has 0 unspecified atom stereocenters. The standard InChI is InChI=1S/C38H43ClN4O5S/c1-37(2,3)48-36(46)41-35-40-31-13-11-28(21-33(31)49-35)47-32-20-27(10-12-29(32)34(44)45)43-18-16-42(17-19-43)23-25-14-15-38(4,5)22-30(25)24-6-8-26(39)9-7-24/h6-13,20-21H,14-19,22-23H2,1-5H3,(H,44,45)(H,40,41,46). The lowest BCUT2D eigenvalue weighted by atomic mass is 9.72. The predicted octanol–water partition coefficient (Wildman–Crippen LogP) is 9.57. The molecule has 1 aliphatic heterocycles. The SMILES string of the molecule is CC1(C)CCC(CN2CCN(c3ccc(C(=O)O)c(Oc4ccc5nc(NC(=O)OC(C)(C)C)sc5c4)c3)CC2)=C(c2ccc(Cl)cc2)C1. The quantitative estimate of drug-likeness (QED) is 0.187. The summed E-state index contributed by atoms with van der Waals surface area (Å²) >= 11 is 7.49. The molecule has 6 rings (SSSR count). The second-order valence-electron chi connectivity index (χ2n) is 14.6. The third kappa shape index (κ3) is 8.73. The lowest BCUT2D eigenvalue weighted by Crippen LogP contribution is -2.47. The summed E-state index contributed by atoms with van der Waals surface area (Å²) in [5, 5.41) is 13.8. The number of aromatic nitrogens is 1. The molecule has 2 N–H and O–H groups in total. The first-order valence-corrected chi connectivity index (χ1v) is 17.8. The fraction of sp³-hybridized carbons (Fsp3) is 0.395. The monoisotopic (exact) mass is 702 g/mol. The Morgan fingerprint density at radius 2 is 1.76 bits per heavy atom. The zero-order valence-electron chi connectivity index (χ0n) is 28.6. The van der Waals surface area contributed by atoms with Crippen molar-refractivity contribution in [1.29, 1.82) is 0 Å². The summed E-state index contributed by atoms with van der Waals surface area (Å²) in [6.45, 7) is 14.5. The smallest absolute Gasteiger partial charge is 0.413 e. The number of hydrogen-bond acceptors (Lipinski definition) is 8. The number of thiazole rings is 1. The molecule has 0 bridgehead atoms. The summed E-state index contributed by atoms with van der Waals surface area (Å²) in [5.74, 6) is -0.314. The number of allylic oxidation sites excluding steroid dienone is 1. The molecule has 11 heteroatoms. The largest absolute Gasteiger partial charge is 0.478 e. The minimum atomic E-state index is -1.06. The average molecular weight is 703 g/mol. The van der Waals surface area contributed by atoms with Crippen molar-refractivity contribution in [2.24, 2.45) is 5.41 Å². The molecule has 9 nitrogen and oxygen atoms in total. The lowest BCUT2D eigenvalue weighted by molar-refractivity contribution is 0.0634. The number of piperazine rings is 1. The van der Waals surface area contributed by atoms with Crippen LogP contribution in [0.1, 0.15) is 69.8 Å². The van der Waals surface area contributed by atoms with Gasteiger partial charge in [0.15, 0.2) is 5.13 Å². The van der Waals surface area contributed by atoms with Gasteiger partial charge in [0.2, 0.25) is 0 Å². The molecule has 0 atom stereocenters. The maximum atomic E-state index is 12.2. The van der Waals surface area contributed by atoms with E-state index in [2.05, 4.69) is 46.1 Å². The number of ether oxygens (including phenoxy) is 2. The first-order chi connectivity index (χ1) is 23.2. The van der Waals surface area contributed by atoms with Gasteiger partial charge in [0.25, 0.3) is 0 Å². The minimum Gasteiger partial charge on any atom is -0.478 e. The number of benzene rings is 3. The first kappa shape index (κ1) is 34.7. The third-order valence-electron chi connectivity index (χ3n) is 8.92. The number of fused-ring (bicyclic) bond motifs is 1. The van der Waals surface area contributed by atoms with Crippen LogP contribution in [0.2, 0.25) is 5.02 Å². The van der Waals surface area contributed by atoms with Crippen molar-refractivity contribution >= 4 is 61.6 Å². The molecule has 49 heavy (non-hydrogen) atoms. The number of anilines is 2. The summed E-state index contributed by atoms with van der Waals surface area (Å²) in [7, 11) is 0. The molecule has 1 aliphatic carbocycles. The number of rotatable bonds is 8. The Balaban J connectivity index is 1.14. The van der Waals surface area contributed by atoms with Crippen molar-refractivity contribution < 1.29 is 24.2 Å². The molecule has 0 spiro atoms. The van der Waals surface area contributed by atoms with E-state index in [9.17, 15) is 14.7 Å². The van der Waals surface area contributed by atoms with Gasteiger partial charge in [-0.15, -0.1) is 0 Å². The van der Waals surface area contributed by atoms with Crippen LogP contribution in [-0.2, 0) is 4.74 Å². The molecule has 0 saturated carbocycles. The van der Waals surface area contributed by atoms with Crippen LogP contribution in [0.25, 0.3) is 15.8 Å². The summed E-state index contributed by atoms with van der Waals surface area (Å²) in [5.41, 5.74) is 5.57. The maximum absolute atomic E-state index is 12.2. The highest BCUT2D eigenvalue weighted by atomic mass is 35.5. The molecule has 3 aromatic carbocycles. The van der Waals surface area contributed by atoms with Crippen LogP contribution in [0.3, 0.4) is 0 Å². The van der Waals surface area contributed by atoms with Gasteiger partial charge in [0.1, 0.15) is 22.7 Å². The highest BCUT2D eigenvalue weighted by Crippen LogP contribution is 2.43. The van der Waals surface area contributed by atoms with Gasteiger partial charge in [-0.25, -0.2) is 14.6 Å². The Hall–Kier alpha value is -4.12. The summed E-state index contributed by atoms with van der Waals surface area (Å²) in [4.78, 5) is 33.7. The van der Waals surface area contributed by atoms with Crippen LogP contribution in [-0.4, -0.2) is 65.4 Å². The van der Waals surface area contributed by atoms with Crippen LogP contribution in [0.15, 0.2) is 66.2 Å². The van der Waals surface area contributed by atoms with E-state index in [1.54, 1.807) is 45.0 Å². The molecule has 2 aliphatic rings. The Bertz CT molecular complexity index is 1890. The van der Waals surface area contributed by atoms with Crippen LogP contribution >= 0.6 is 22.9 Å². The van der Waals surface area contributed by atoms with E-state index in [1.807, 2.05) is 24.3 Å². The van der Waals surface area contributed by atoms with Gasteiger partial charge in [-0.05, 0) is 93.0 Å². The van der Waals surface area contributed by atoms with Crippen LogP contribution in [0.5, 0.6) is 11.5 Å². The van der Waals surface area contributed by atoms with Gasteiger partial charge in [0.05, 0.1) is 10.2 Å². The topological polar surface area (TPSA) is 104 Å². The van der Waals surface area contributed by atoms with E-state index >= 15 is 0 Å². The van der Waals surface area contributed by atoms with Gasteiger partial charge in [-0.1, -0.05) is 54.5 Å². The predicted molar refractivity (Wildman–Crippen MR) is 198 cm³/mol. The second kappa shape index (κ2) is 14.0. The minimum absolute atomic E-state index is 0.0842. The number of carbonyl (C=O) groups excluding carboxylic acids is 1. The molecule has 1 fully saturated rings. The third-order valence-corrected chi connectivity index (χ3v) is 10.1. The summed E-state index contributed by atoms with van der Waals surface area (Å²) in [6.07, 6.45) is 2.75. The van der Waals surface area contributed by atoms with Crippen molar-refractivity contribution in [3.8, 4) is 11.5 Å². The zero-order chi connectivity index (χ0) is 34.9. The van der Waals surface area contributed by atoms with Crippen molar-refractivity contribution in [2.75, 3.05) is 42.9 Å². The van der Waals surface area contributed by atoms with Gasteiger partial charge in [-0.3, -0.25) is 10.2 Å². The highest BCUT2D eigenvalue weighted by molar-refractivity contribution is 7.22. The van der Waals surface area contributed by atoms with E-state index < -0.39 is 17.7 Å². The second-order valence-corrected chi connectivity index (χ2v) is 16.0. The Kier molecular flexibility index (Phi) is 9.93. The van der Waals surface area contributed by atoms with Crippen molar-refractivity contribution in [1.82, 2.24) is 9.88 Å².